The van der Waals surface area contributed by atoms with Crippen molar-refractivity contribution in [3.8, 4) is 17.2 Å². The molecule has 0 saturated carbocycles. The third-order valence-corrected chi connectivity index (χ3v) is 4.08. The summed E-state index contributed by atoms with van der Waals surface area (Å²) in [6.45, 7) is 3.55. The molecule has 25 heavy (non-hydrogen) atoms. The van der Waals surface area contributed by atoms with Gasteiger partial charge >= 0.3 is 0 Å². The quantitative estimate of drug-likeness (QED) is 0.807. The molecule has 5 nitrogen and oxygen atoms in total. The Kier molecular flexibility index (Phi) is 6.53. The van der Waals surface area contributed by atoms with Gasteiger partial charge in [0.2, 0.25) is 0 Å². The van der Waals surface area contributed by atoms with Gasteiger partial charge in [-0.1, -0.05) is 23.7 Å². The predicted octanol–water partition coefficient (Wildman–Crippen LogP) is 4.00. The normalized spacial score (nSPS) is 12.8. The molecule has 6 heteroatoms. The van der Waals surface area contributed by atoms with Gasteiger partial charge in [0.05, 0.1) is 25.3 Å². The molecule has 2 rings (SSSR count). The van der Waals surface area contributed by atoms with E-state index < -0.39 is 6.10 Å². The molecule has 0 heterocycles. The number of nitrogens with one attached hydrogen (secondary N) is 1. The summed E-state index contributed by atoms with van der Waals surface area (Å²) in [7, 11) is 3.18. The molecule has 0 aliphatic rings. The number of amides is 1. The van der Waals surface area contributed by atoms with Gasteiger partial charge in [0.25, 0.3) is 5.91 Å². The Hall–Kier alpha value is -2.40. The first-order valence-electron chi connectivity index (χ1n) is 7.89. The van der Waals surface area contributed by atoms with Crippen LogP contribution in [0.1, 0.15) is 25.5 Å². The molecule has 1 amide bonds. The molecule has 0 aliphatic carbocycles. The van der Waals surface area contributed by atoms with E-state index in [1.165, 1.54) is 0 Å². The van der Waals surface area contributed by atoms with E-state index >= 15 is 0 Å². The number of hydrogen-bond donors (Lipinski definition) is 1. The molecule has 2 aromatic carbocycles. The maximum absolute atomic E-state index is 12.4. The van der Waals surface area contributed by atoms with Crippen LogP contribution in [0.4, 0.5) is 0 Å². The highest BCUT2D eigenvalue weighted by Gasteiger charge is 2.20. The van der Waals surface area contributed by atoms with Gasteiger partial charge in [-0.25, -0.2) is 0 Å². The van der Waals surface area contributed by atoms with Crippen LogP contribution in [0.3, 0.4) is 0 Å². The van der Waals surface area contributed by atoms with Crippen LogP contribution in [0.5, 0.6) is 17.2 Å². The standard InChI is InChI=1S/C19H22ClNO4/c1-12(15-11-14(23-3)9-10-17(15)24-4)21-19(22)13(2)25-18-8-6-5-7-16(18)20/h5-13H,1-4H3,(H,21,22)/t12-,13-/m1/s1. The number of ether oxygens (including phenoxy) is 3. The van der Waals surface area contributed by atoms with Crippen LogP contribution in [0.2, 0.25) is 5.02 Å². The number of methoxy groups -OCH3 is 2. The van der Waals surface area contributed by atoms with E-state index in [0.29, 0.717) is 22.3 Å². The maximum atomic E-state index is 12.4. The molecular weight excluding hydrogens is 342 g/mol. The molecule has 0 spiro atoms. The van der Waals surface area contributed by atoms with Crippen molar-refractivity contribution < 1.29 is 19.0 Å². The lowest BCUT2D eigenvalue weighted by atomic mass is 10.1. The number of benzene rings is 2. The minimum absolute atomic E-state index is 0.253. The van der Waals surface area contributed by atoms with Crippen molar-refractivity contribution in [2.24, 2.45) is 0 Å². The summed E-state index contributed by atoms with van der Waals surface area (Å²) in [6.07, 6.45) is -0.695. The van der Waals surface area contributed by atoms with Gasteiger partial charge in [0.1, 0.15) is 17.2 Å². The summed E-state index contributed by atoms with van der Waals surface area (Å²) in [5.41, 5.74) is 0.820. The number of carbonyl (C=O) groups excluding carboxylic acids is 1. The predicted molar refractivity (Wildman–Crippen MR) is 97.6 cm³/mol. The lowest BCUT2D eigenvalue weighted by Crippen LogP contribution is -2.37. The number of para-hydroxylation sites is 1. The number of hydrogen-bond acceptors (Lipinski definition) is 4. The van der Waals surface area contributed by atoms with Gasteiger partial charge in [-0.05, 0) is 44.2 Å². The third-order valence-electron chi connectivity index (χ3n) is 3.77. The Morgan fingerprint density at radius 3 is 2.40 bits per heavy atom. The van der Waals surface area contributed by atoms with Crippen LogP contribution in [0.15, 0.2) is 42.5 Å². The van der Waals surface area contributed by atoms with E-state index in [4.69, 9.17) is 25.8 Å². The van der Waals surface area contributed by atoms with Gasteiger partial charge in [0.15, 0.2) is 6.10 Å². The third kappa shape index (κ3) is 4.79. The van der Waals surface area contributed by atoms with Crippen molar-refractivity contribution in [2.75, 3.05) is 14.2 Å². The monoisotopic (exact) mass is 363 g/mol. The van der Waals surface area contributed by atoms with Crippen molar-refractivity contribution in [1.29, 1.82) is 0 Å². The highest BCUT2D eigenvalue weighted by atomic mass is 35.5. The molecule has 2 atom stereocenters. The maximum Gasteiger partial charge on any atom is 0.261 e. The minimum atomic E-state index is -0.695. The molecule has 0 saturated heterocycles. The summed E-state index contributed by atoms with van der Waals surface area (Å²) in [6, 6.07) is 12.2. The van der Waals surface area contributed by atoms with Gasteiger partial charge < -0.3 is 19.5 Å². The first-order chi connectivity index (χ1) is 12.0. The van der Waals surface area contributed by atoms with Crippen molar-refractivity contribution in [3.05, 3.63) is 53.1 Å². The van der Waals surface area contributed by atoms with E-state index in [2.05, 4.69) is 5.32 Å². The summed E-state index contributed by atoms with van der Waals surface area (Å²) >= 11 is 6.06. The highest BCUT2D eigenvalue weighted by Crippen LogP contribution is 2.29. The minimum Gasteiger partial charge on any atom is -0.497 e. The average molecular weight is 364 g/mol. The molecular formula is C19H22ClNO4. The summed E-state index contributed by atoms with van der Waals surface area (Å²) in [5.74, 6) is 1.58. The van der Waals surface area contributed by atoms with Crippen LogP contribution >= 0.6 is 11.6 Å². The fourth-order valence-corrected chi connectivity index (χ4v) is 2.55. The van der Waals surface area contributed by atoms with Crippen LogP contribution < -0.4 is 19.5 Å². The lowest BCUT2D eigenvalue weighted by molar-refractivity contribution is -0.127. The van der Waals surface area contributed by atoms with Gasteiger partial charge in [0, 0.05) is 5.56 Å². The van der Waals surface area contributed by atoms with E-state index in [-0.39, 0.29) is 11.9 Å². The molecule has 0 bridgehead atoms. The fraction of sp³-hybridized carbons (Fsp3) is 0.316. The average Bonchev–Trinajstić information content (AvgIpc) is 2.62. The van der Waals surface area contributed by atoms with Crippen LogP contribution in [0.25, 0.3) is 0 Å². The Bertz CT molecular complexity index is 735. The van der Waals surface area contributed by atoms with Crippen LogP contribution in [-0.2, 0) is 4.79 Å². The first kappa shape index (κ1) is 18.9. The molecule has 0 fully saturated rings. The zero-order valence-electron chi connectivity index (χ0n) is 14.7. The molecule has 0 aliphatic heterocycles. The van der Waals surface area contributed by atoms with E-state index in [1.807, 2.05) is 13.0 Å². The summed E-state index contributed by atoms with van der Waals surface area (Å²) in [4.78, 5) is 12.4. The smallest absolute Gasteiger partial charge is 0.261 e. The topological polar surface area (TPSA) is 56.8 Å². The van der Waals surface area contributed by atoms with Crippen molar-refractivity contribution >= 4 is 17.5 Å². The Morgan fingerprint density at radius 1 is 1.04 bits per heavy atom. The SMILES string of the molecule is COc1ccc(OC)c([C@@H](C)NC(=O)[C@@H](C)Oc2ccccc2Cl)c1. The molecule has 1 N–H and O–H groups in total. The second-order valence-electron chi connectivity index (χ2n) is 5.53. The van der Waals surface area contributed by atoms with Crippen LogP contribution in [0, 0.1) is 0 Å². The van der Waals surface area contributed by atoms with Gasteiger partial charge in [-0.2, -0.15) is 0 Å². The molecule has 0 aromatic heterocycles. The Labute approximate surface area is 152 Å². The first-order valence-corrected chi connectivity index (χ1v) is 8.27. The number of rotatable bonds is 7. The summed E-state index contributed by atoms with van der Waals surface area (Å²) in [5, 5.41) is 3.38. The van der Waals surface area contributed by atoms with Gasteiger partial charge in [-0.15, -0.1) is 0 Å². The Balaban J connectivity index is 2.08. The van der Waals surface area contributed by atoms with Crippen LogP contribution in [-0.4, -0.2) is 26.2 Å². The van der Waals surface area contributed by atoms with E-state index in [0.717, 1.165) is 5.56 Å². The molecule has 2 aromatic rings. The van der Waals surface area contributed by atoms with Gasteiger partial charge in [-0.3, -0.25) is 4.79 Å². The zero-order chi connectivity index (χ0) is 18.4. The lowest BCUT2D eigenvalue weighted by Gasteiger charge is -2.21. The summed E-state index contributed by atoms with van der Waals surface area (Å²) < 4.78 is 16.3. The fourth-order valence-electron chi connectivity index (χ4n) is 2.37. The van der Waals surface area contributed by atoms with E-state index in [9.17, 15) is 4.79 Å². The Morgan fingerprint density at radius 2 is 1.76 bits per heavy atom. The van der Waals surface area contributed by atoms with Crippen molar-refractivity contribution in [2.45, 2.75) is 26.0 Å². The van der Waals surface area contributed by atoms with Crippen molar-refractivity contribution in [3.63, 3.8) is 0 Å². The largest absolute Gasteiger partial charge is 0.497 e. The van der Waals surface area contributed by atoms with E-state index in [1.54, 1.807) is 57.5 Å². The molecule has 0 radical (unpaired) electrons. The molecule has 0 unspecified atom stereocenters. The number of carbonyl (C=O) groups is 1. The second kappa shape index (κ2) is 8.62. The van der Waals surface area contributed by atoms with Crippen molar-refractivity contribution in [1.82, 2.24) is 5.32 Å². The molecule has 134 valence electrons. The number of halogens is 1. The highest BCUT2D eigenvalue weighted by molar-refractivity contribution is 6.32. The zero-order valence-corrected chi connectivity index (χ0v) is 15.5. The second-order valence-corrected chi connectivity index (χ2v) is 5.94.